The lowest BCUT2D eigenvalue weighted by Crippen LogP contribution is -2.22. The molecule has 0 bridgehead atoms. The highest BCUT2D eigenvalue weighted by Crippen LogP contribution is 2.27. The zero-order chi connectivity index (χ0) is 19.5. The summed E-state index contributed by atoms with van der Waals surface area (Å²) in [6.07, 6.45) is 6.35. The Morgan fingerprint density at radius 3 is 2.46 bits per heavy atom. The van der Waals surface area contributed by atoms with Crippen LogP contribution in [-0.4, -0.2) is 5.97 Å². The molecule has 2 aromatic carbocycles. The predicted molar refractivity (Wildman–Crippen MR) is 106 cm³/mol. The summed E-state index contributed by atoms with van der Waals surface area (Å²) in [5.74, 6) is 0.819. The summed E-state index contributed by atoms with van der Waals surface area (Å²) in [6.45, 7) is 1.98. The number of aryl methyl sites for hydroxylation is 1. The highest BCUT2D eigenvalue weighted by molar-refractivity contribution is 5.81. The smallest absolute Gasteiger partial charge is 0.314 e. The van der Waals surface area contributed by atoms with Crippen LogP contribution in [0.5, 0.6) is 17.2 Å². The first kappa shape index (κ1) is 18.3. The Bertz CT molecular complexity index is 1040. The molecule has 1 heterocycles. The average molecular weight is 378 g/mol. The van der Waals surface area contributed by atoms with E-state index in [1.165, 1.54) is 12.7 Å². The number of hydrogen-bond acceptors (Lipinski definition) is 5. The van der Waals surface area contributed by atoms with Crippen LogP contribution in [0.3, 0.4) is 0 Å². The Morgan fingerprint density at radius 1 is 1.00 bits per heavy atom. The largest absolute Gasteiger partial charge is 0.460 e. The van der Waals surface area contributed by atoms with Gasteiger partial charge in [-0.3, -0.25) is 9.59 Å². The molecule has 0 spiro atoms. The number of carbonyl (C=O) groups is 1. The lowest BCUT2D eigenvalue weighted by Gasteiger charge is -2.19. The SMILES string of the molecule is Cc1ccc(Oc2coc3cc(OC(=O)C4CCCCC4)ccc3c2=O)cc1. The molecule has 0 radical (unpaired) electrons. The van der Waals surface area contributed by atoms with Crippen LogP contribution >= 0.6 is 0 Å². The molecule has 0 amide bonds. The van der Waals surface area contributed by atoms with E-state index < -0.39 is 0 Å². The lowest BCUT2D eigenvalue weighted by atomic mass is 9.89. The van der Waals surface area contributed by atoms with Crippen molar-refractivity contribution < 1.29 is 18.7 Å². The lowest BCUT2D eigenvalue weighted by molar-refractivity contribution is -0.139. The van der Waals surface area contributed by atoms with Gasteiger partial charge in [0.05, 0.1) is 11.3 Å². The number of fused-ring (bicyclic) bond motifs is 1. The third-order valence-electron chi connectivity index (χ3n) is 5.12. The van der Waals surface area contributed by atoms with E-state index >= 15 is 0 Å². The van der Waals surface area contributed by atoms with Crippen molar-refractivity contribution in [2.75, 3.05) is 0 Å². The minimum atomic E-state index is -0.271. The summed E-state index contributed by atoms with van der Waals surface area (Å²) in [4.78, 5) is 25.0. The molecule has 0 unspecified atom stereocenters. The first-order valence-electron chi connectivity index (χ1n) is 9.62. The highest BCUT2D eigenvalue weighted by atomic mass is 16.5. The summed E-state index contributed by atoms with van der Waals surface area (Å²) in [5, 5.41) is 0.377. The average Bonchev–Trinajstić information content (AvgIpc) is 2.72. The van der Waals surface area contributed by atoms with Gasteiger partial charge in [-0.2, -0.15) is 0 Å². The van der Waals surface area contributed by atoms with E-state index in [-0.39, 0.29) is 23.1 Å². The molecule has 3 aromatic rings. The summed E-state index contributed by atoms with van der Waals surface area (Å²) >= 11 is 0. The standard InChI is InChI=1S/C23H22O5/c1-15-7-9-17(10-8-15)27-21-14-26-20-13-18(11-12-19(20)22(21)24)28-23(25)16-5-3-2-4-6-16/h7-14,16H,2-6H2,1H3. The van der Waals surface area contributed by atoms with Gasteiger partial charge in [0.25, 0.3) is 0 Å². The van der Waals surface area contributed by atoms with Gasteiger partial charge in [-0.1, -0.05) is 37.0 Å². The van der Waals surface area contributed by atoms with Crippen molar-refractivity contribution in [3.63, 3.8) is 0 Å². The van der Waals surface area contributed by atoms with Crippen LogP contribution in [-0.2, 0) is 4.79 Å². The van der Waals surface area contributed by atoms with Crippen molar-refractivity contribution >= 4 is 16.9 Å². The summed E-state index contributed by atoms with van der Waals surface area (Å²) < 4.78 is 16.7. The topological polar surface area (TPSA) is 65.7 Å². The molecule has 1 aliphatic rings. The van der Waals surface area contributed by atoms with Gasteiger partial charge in [0, 0.05) is 6.07 Å². The van der Waals surface area contributed by atoms with E-state index in [9.17, 15) is 9.59 Å². The van der Waals surface area contributed by atoms with Gasteiger partial charge in [-0.15, -0.1) is 0 Å². The monoisotopic (exact) mass is 378 g/mol. The minimum Gasteiger partial charge on any atom is -0.460 e. The number of hydrogen-bond donors (Lipinski definition) is 0. The van der Waals surface area contributed by atoms with Gasteiger partial charge in [0.2, 0.25) is 11.2 Å². The van der Waals surface area contributed by atoms with E-state index in [2.05, 4.69) is 0 Å². The Labute approximate surface area is 162 Å². The van der Waals surface area contributed by atoms with Crippen molar-refractivity contribution in [2.45, 2.75) is 39.0 Å². The molecule has 5 heteroatoms. The van der Waals surface area contributed by atoms with Gasteiger partial charge in [0.1, 0.15) is 23.3 Å². The maximum absolute atomic E-state index is 12.7. The number of ether oxygens (including phenoxy) is 2. The maximum Gasteiger partial charge on any atom is 0.314 e. The molecule has 0 saturated heterocycles. The van der Waals surface area contributed by atoms with Gasteiger partial charge < -0.3 is 13.9 Å². The van der Waals surface area contributed by atoms with E-state index in [0.717, 1.165) is 31.2 Å². The Balaban J connectivity index is 1.54. The number of esters is 1. The van der Waals surface area contributed by atoms with Gasteiger partial charge in [-0.25, -0.2) is 0 Å². The van der Waals surface area contributed by atoms with Crippen molar-refractivity contribution in [3.8, 4) is 17.2 Å². The van der Waals surface area contributed by atoms with E-state index in [1.54, 1.807) is 30.3 Å². The van der Waals surface area contributed by atoms with Crippen LogP contribution < -0.4 is 14.9 Å². The van der Waals surface area contributed by atoms with E-state index in [0.29, 0.717) is 22.5 Å². The Kier molecular flexibility index (Phi) is 5.15. The minimum absolute atomic E-state index is 0.0401. The fraction of sp³-hybridized carbons (Fsp3) is 0.304. The molecule has 0 N–H and O–H groups in total. The number of rotatable bonds is 4. The molecule has 1 saturated carbocycles. The molecule has 0 aliphatic heterocycles. The number of benzene rings is 2. The first-order valence-corrected chi connectivity index (χ1v) is 9.62. The molecule has 0 atom stereocenters. The second kappa shape index (κ2) is 7.89. The molecule has 4 rings (SSSR count). The molecule has 28 heavy (non-hydrogen) atoms. The fourth-order valence-corrected chi connectivity index (χ4v) is 3.50. The fourth-order valence-electron chi connectivity index (χ4n) is 3.50. The normalized spacial score (nSPS) is 14.8. The first-order chi connectivity index (χ1) is 13.6. The molecule has 1 aliphatic carbocycles. The third kappa shape index (κ3) is 3.93. The van der Waals surface area contributed by atoms with Crippen molar-refractivity contribution in [1.29, 1.82) is 0 Å². The molecular weight excluding hydrogens is 356 g/mol. The Morgan fingerprint density at radius 2 is 1.71 bits per heavy atom. The van der Waals surface area contributed by atoms with Crippen molar-refractivity contribution in [1.82, 2.24) is 0 Å². The van der Waals surface area contributed by atoms with Gasteiger partial charge >= 0.3 is 5.97 Å². The molecule has 1 fully saturated rings. The van der Waals surface area contributed by atoms with Crippen molar-refractivity contribution in [3.05, 3.63) is 64.5 Å². The Hall–Kier alpha value is -3.08. The summed E-state index contributed by atoms with van der Waals surface area (Å²) in [6, 6.07) is 12.2. The molecule has 1 aromatic heterocycles. The number of carbonyl (C=O) groups excluding carboxylic acids is 1. The second-order valence-corrected chi connectivity index (χ2v) is 7.26. The van der Waals surface area contributed by atoms with Crippen LogP contribution in [0.4, 0.5) is 0 Å². The van der Waals surface area contributed by atoms with Crippen LogP contribution in [0.1, 0.15) is 37.7 Å². The van der Waals surface area contributed by atoms with E-state index in [4.69, 9.17) is 13.9 Å². The summed E-state index contributed by atoms with van der Waals surface area (Å²) in [5.41, 5.74) is 1.19. The van der Waals surface area contributed by atoms with Gasteiger partial charge in [-0.05, 0) is 44.0 Å². The highest BCUT2D eigenvalue weighted by Gasteiger charge is 2.23. The second-order valence-electron chi connectivity index (χ2n) is 7.26. The van der Waals surface area contributed by atoms with Crippen LogP contribution in [0.25, 0.3) is 11.0 Å². The molecule has 144 valence electrons. The third-order valence-corrected chi connectivity index (χ3v) is 5.12. The van der Waals surface area contributed by atoms with Crippen LogP contribution in [0.15, 0.2) is 57.9 Å². The summed E-state index contributed by atoms with van der Waals surface area (Å²) in [7, 11) is 0. The molecule has 5 nitrogen and oxygen atoms in total. The van der Waals surface area contributed by atoms with Gasteiger partial charge in [0.15, 0.2) is 0 Å². The van der Waals surface area contributed by atoms with E-state index in [1.807, 2.05) is 19.1 Å². The van der Waals surface area contributed by atoms with Crippen LogP contribution in [0, 0.1) is 12.8 Å². The quantitative estimate of drug-likeness (QED) is 0.450. The van der Waals surface area contributed by atoms with Crippen LogP contribution in [0.2, 0.25) is 0 Å². The zero-order valence-electron chi connectivity index (χ0n) is 15.8. The maximum atomic E-state index is 12.7. The molecular formula is C23H22O5. The predicted octanol–water partition coefficient (Wildman–Crippen LogP) is 5.38. The zero-order valence-corrected chi connectivity index (χ0v) is 15.8. The van der Waals surface area contributed by atoms with Crippen molar-refractivity contribution in [2.24, 2.45) is 5.92 Å².